The highest BCUT2D eigenvalue weighted by atomic mass is 16.7. The van der Waals surface area contributed by atoms with E-state index < -0.39 is 23.1 Å². The summed E-state index contributed by atoms with van der Waals surface area (Å²) in [6, 6.07) is 9.47. The normalized spacial score (nSPS) is 18.8. The molecule has 1 unspecified atom stereocenters. The van der Waals surface area contributed by atoms with Gasteiger partial charge in [-0.1, -0.05) is 26.8 Å². The number of aliphatic hydroxyl groups is 1. The number of hydrogen-bond donors (Lipinski definition) is 1. The van der Waals surface area contributed by atoms with E-state index in [0.29, 0.717) is 22.9 Å². The largest absolute Gasteiger partial charge is 0.503 e. The number of nitrogens with zero attached hydrogens (tertiary/aromatic N) is 2. The summed E-state index contributed by atoms with van der Waals surface area (Å²) in [5, 5.41) is 10.6. The van der Waals surface area contributed by atoms with Crippen LogP contribution < -0.4 is 14.4 Å². The first-order chi connectivity index (χ1) is 13.3. The maximum Gasteiger partial charge on any atom is 0.294 e. The first-order valence-corrected chi connectivity index (χ1v) is 8.91. The number of aromatic nitrogens is 1. The van der Waals surface area contributed by atoms with E-state index in [0.717, 1.165) is 0 Å². The molecule has 2 aliphatic rings. The smallest absolute Gasteiger partial charge is 0.294 e. The number of hydrogen-bond acceptors (Lipinski definition) is 6. The molecule has 144 valence electrons. The zero-order valence-corrected chi connectivity index (χ0v) is 15.8. The Labute approximate surface area is 162 Å². The summed E-state index contributed by atoms with van der Waals surface area (Å²) in [6.07, 6.45) is 1.59. The number of amides is 1. The SMILES string of the molecule is CC(C)(C)C(=O)C1=C(O)C(=O)N(c2ccc3c(c2)OCO3)C1c1ccccn1. The third kappa shape index (κ3) is 2.79. The molecule has 0 aliphatic carbocycles. The van der Waals surface area contributed by atoms with Crippen LogP contribution >= 0.6 is 0 Å². The maximum absolute atomic E-state index is 13.1. The van der Waals surface area contributed by atoms with Gasteiger partial charge in [-0.05, 0) is 24.3 Å². The first-order valence-electron chi connectivity index (χ1n) is 8.91. The van der Waals surface area contributed by atoms with Crippen LogP contribution in [0.1, 0.15) is 32.5 Å². The van der Waals surface area contributed by atoms with E-state index in [1.54, 1.807) is 63.4 Å². The van der Waals surface area contributed by atoms with Crippen molar-refractivity contribution in [3.63, 3.8) is 0 Å². The van der Waals surface area contributed by atoms with Crippen molar-refractivity contribution in [2.75, 3.05) is 11.7 Å². The van der Waals surface area contributed by atoms with Crippen LogP contribution in [0.25, 0.3) is 0 Å². The second-order valence-electron chi connectivity index (χ2n) is 7.71. The molecule has 4 rings (SSSR count). The summed E-state index contributed by atoms with van der Waals surface area (Å²) in [4.78, 5) is 31.8. The predicted molar refractivity (Wildman–Crippen MR) is 101 cm³/mol. The van der Waals surface area contributed by atoms with Crippen LogP contribution in [0.5, 0.6) is 11.5 Å². The van der Waals surface area contributed by atoms with Crippen molar-refractivity contribution in [2.45, 2.75) is 26.8 Å². The minimum absolute atomic E-state index is 0.0499. The Morgan fingerprint density at radius 2 is 1.93 bits per heavy atom. The quantitative estimate of drug-likeness (QED) is 0.879. The Bertz CT molecular complexity index is 992. The molecule has 7 heteroatoms. The summed E-state index contributed by atoms with van der Waals surface area (Å²) in [5.41, 5.74) is 0.244. The molecule has 1 N–H and O–H groups in total. The van der Waals surface area contributed by atoms with Gasteiger partial charge in [0.15, 0.2) is 23.0 Å². The highest BCUT2D eigenvalue weighted by molar-refractivity contribution is 6.17. The number of ketones is 1. The topological polar surface area (TPSA) is 89.0 Å². The third-order valence-electron chi connectivity index (χ3n) is 4.74. The summed E-state index contributed by atoms with van der Waals surface area (Å²) in [5.74, 6) is -0.430. The Balaban J connectivity index is 1.87. The van der Waals surface area contributed by atoms with Crippen LogP contribution in [0.3, 0.4) is 0 Å². The molecule has 1 aromatic heterocycles. The van der Waals surface area contributed by atoms with Gasteiger partial charge >= 0.3 is 0 Å². The number of rotatable bonds is 3. The second kappa shape index (κ2) is 6.37. The monoisotopic (exact) mass is 380 g/mol. The molecule has 7 nitrogen and oxygen atoms in total. The molecule has 0 saturated carbocycles. The highest BCUT2D eigenvalue weighted by Crippen LogP contribution is 2.45. The molecule has 1 atom stereocenters. The molecule has 0 spiro atoms. The number of aliphatic hydroxyl groups excluding tert-OH is 1. The fourth-order valence-corrected chi connectivity index (χ4v) is 3.36. The number of Topliss-reactive ketones (excluding diaryl/α,β-unsaturated/α-hetero) is 1. The van der Waals surface area contributed by atoms with Gasteiger partial charge in [0.25, 0.3) is 5.91 Å². The van der Waals surface area contributed by atoms with Crippen LogP contribution in [0.4, 0.5) is 5.69 Å². The van der Waals surface area contributed by atoms with Crippen molar-refractivity contribution in [1.82, 2.24) is 4.98 Å². The predicted octanol–water partition coefficient (Wildman–Crippen LogP) is 3.33. The van der Waals surface area contributed by atoms with Gasteiger partial charge in [0.1, 0.15) is 6.04 Å². The van der Waals surface area contributed by atoms with Gasteiger partial charge < -0.3 is 14.6 Å². The Kier molecular flexibility index (Phi) is 4.10. The van der Waals surface area contributed by atoms with E-state index >= 15 is 0 Å². The van der Waals surface area contributed by atoms with Crippen LogP contribution in [-0.2, 0) is 9.59 Å². The standard InChI is InChI=1S/C21H20N2O5/c1-21(2,3)19(25)16-17(13-6-4-5-9-22-13)23(20(26)18(16)24)12-7-8-14-15(10-12)28-11-27-14/h4-10,17,24H,11H2,1-3H3. The number of pyridine rings is 1. The zero-order valence-electron chi connectivity index (χ0n) is 15.8. The van der Waals surface area contributed by atoms with E-state index in [2.05, 4.69) is 4.98 Å². The molecule has 0 radical (unpaired) electrons. The van der Waals surface area contributed by atoms with E-state index in [1.165, 1.54) is 4.90 Å². The highest BCUT2D eigenvalue weighted by Gasteiger charge is 2.47. The van der Waals surface area contributed by atoms with Crippen LogP contribution in [0.2, 0.25) is 0 Å². The van der Waals surface area contributed by atoms with Crippen LogP contribution in [0, 0.1) is 5.41 Å². The number of carbonyl (C=O) groups excluding carboxylic acids is 2. The van der Waals surface area contributed by atoms with Crippen LogP contribution in [-0.4, -0.2) is 28.6 Å². The van der Waals surface area contributed by atoms with Crippen molar-refractivity contribution >= 4 is 17.4 Å². The van der Waals surface area contributed by atoms with Gasteiger partial charge in [0, 0.05) is 23.4 Å². The Morgan fingerprint density at radius 1 is 1.18 bits per heavy atom. The lowest BCUT2D eigenvalue weighted by atomic mass is 9.83. The summed E-state index contributed by atoms with van der Waals surface area (Å²) in [6.45, 7) is 5.35. The van der Waals surface area contributed by atoms with Crippen molar-refractivity contribution in [3.05, 3.63) is 59.6 Å². The van der Waals surface area contributed by atoms with Crippen molar-refractivity contribution in [2.24, 2.45) is 5.41 Å². The molecule has 2 aromatic rings. The van der Waals surface area contributed by atoms with Crippen molar-refractivity contribution < 1.29 is 24.2 Å². The number of carbonyl (C=O) groups is 2. The average Bonchev–Trinajstić information content (AvgIpc) is 3.23. The van der Waals surface area contributed by atoms with Crippen molar-refractivity contribution in [1.29, 1.82) is 0 Å². The Hall–Kier alpha value is -3.35. The lowest BCUT2D eigenvalue weighted by molar-refractivity contribution is -0.123. The fraction of sp³-hybridized carbons (Fsp3) is 0.286. The first kappa shape index (κ1) is 18.0. The van der Waals surface area contributed by atoms with Crippen LogP contribution in [0.15, 0.2) is 53.9 Å². The van der Waals surface area contributed by atoms with Gasteiger partial charge in [0.2, 0.25) is 6.79 Å². The maximum atomic E-state index is 13.1. The van der Waals surface area contributed by atoms with E-state index in [4.69, 9.17) is 9.47 Å². The Morgan fingerprint density at radius 3 is 2.61 bits per heavy atom. The summed E-state index contributed by atoms with van der Waals surface area (Å²) < 4.78 is 10.7. The zero-order chi connectivity index (χ0) is 20.1. The summed E-state index contributed by atoms with van der Waals surface area (Å²) >= 11 is 0. The third-order valence-corrected chi connectivity index (χ3v) is 4.74. The molecule has 0 bridgehead atoms. The van der Waals surface area contributed by atoms with Gasteiger partial charge in [-0.25, -0.2) is 0 Å². The lowest BCUT2D eigenvalue weighted by Gasteiger charge is -2.28. The minimum atomic E-state index is -0.833. The fourth-order valence-electron chi connectivity index (χ4n) is 3.36. The van der Waals surface area contributed by atoms with Crippen molar-refractivity contribution in [3.8, 4) is 11.5 Å². The lowest BCUT2D eigenvalue weighted by Crippen LogP contribution is -2.33. The van der Waals surface area contributed by atoms with Gasteiger partial charge in [-0.2, -0.15) is 0 Å². The minimum Gasteiger partial charge on any atom is -0.503 e. The molecule has 0 saturated heterocycles. The number of benzene rings is 1. The molecular weight excluding hydrogens is 360 g/mol. The van der Waals surface area contributed by atoms with E-state index in [-0.39, 0.29) is 18.1 Å². The van der Waals surface area contributed by atoms with E-state index in [9.17, 15) is 14.7 Å². The molecule has 1 aromatic carbocycles. The molecular formula is C21H20N2O5. The second-order valence-corrected chi connectivity index (χ2v) is 7.71. The van der Waals surface area contributed by atoms with Gasteiger partial charge in [0.05, 0.1) is 11.3 Å². The molecule has 3 heterocycles. The van der Waals surface area contributed by atoms with Gasteiger partial charge in [-0.3, -0.25) is 19.5 Å². The number of fused-ring (bicyclic) bond motifs is 1. The molecule has 28 heavy (non-hydrogen) atoms. The van der Waals surface area contributed by atoms with E-state index in [1.807, 2.05) is 0 Å². The number of anilines is 1. The molecule has 2 aliphatic heterocycles. The summed E-state index contributed by atoms with van der Waals surface area (Å²) in [7, 11) is 0. The molecule has 0 fully saturated rings. The number of ether oxygens (including phenoxy) is 2. The average molecular weight is 380 g/mol. The van der Waals surface area contributed by atoms with Gasteiger partial charge in [-0.15, -0.1) is 0 Å². The molecule has 1 amide bonds.